The van der Waals surface area contributed by atoms with Gasteiger partial charge in [-0.1, -0.05) is 111 Å². The topological polar surface area (TPSA) is 33.4 Å². The third-order valence-electron chi connectivity index (χ3n) is 7.46. The van der Waals surface area contributed by atoms with Gasteiger partial charge in [0.1, 0.15) is 0 Å². The zero-order chi connectivity index (χ0) is 25.0. The van der Waals surface area contributed by atoms with E-state index >= 15 is 0 Å². The first kappa shape index (κ1) is 21.6. The molecule has 0 aliphatic carbocycles. The summed E-state index contributed by atoms with van der Waals surface area (Å²) in [4.78, 5) is 12.2. The molecule has 4 nitrogen and oxygen atoms in total. The number of rotatable bonds is 3. The molecule has 3 heterocycles. The number of aromatic nitrogens is 3. The number of anilines is 3. The number of hydrogen-bond acceptors (Lipinski definition) is 3. The lowest BCUT2D eigenvalue weighted by Crippen LogP contribution is -2.30. The minimum absolute atomic E-state index is 0.105. The Balaban J connectivity index is 1.50. The first-order chi connectivity index (χ1) is 18.1. The van der Waals surface area contributed by atoms with Gasteiger partial charge in [-0.05, 0) is 23.3 Å². The van der Waals surface area contributed by atoms with Gasteiger partial charge < -0.3 is 4.90 Å². The quantitative estimate of drug-likeness (QED) is 0.257. The van der Waals surface area contributed by atoms with E-state index < -0.39 is 0 Å². The lowest BCUT2D eigenvalue weighted by atomic mass is 9.73. The Morgan fingerprint density at radius 2 is 1.16 bits per heavy atom. The van der Waals surface area contributed by atoms with Crippen LogP contribution in [0.15, 0.2) is 122 Å². The lowest BCUT2D eigenvalue weighted by Gasteiger charge is -2.41. The van der Waals surface area contributed by atoms with Crippen LogP contribution in [0, 0.1) is 0 Å². The van der Waals surface area contributed by atoms with Crippen LogP contribution in [0.1, 0.15) is 25.0 Å². The molecular formula is C33H26N4. The molecule has 0 atom stereocenters. The van der Waals surface area contributed by atoms with E-state index in [-0.39, 0.29) is 5.41 Å². The van der Waals surface area contributed by atoms with Gasteiger partial charge >= 0.3 is 0 Å². The second-order valence-corrected chi connectivity index (χ2v) is 10.0. The van der Waals surface area contributed by atoms with Crippen LogP contribution in [-0.2, 0) is 5.41 Å². The highest BCUT2D eigenvalue weighted by atomic mass is 15.2. The van der Waals surface area contributed by atoms with Gasteiger partial charge in [0.2, 0.25) is 5.78 Å². The number of benzene rings is 4. The van der Waals surface area contributed by atoms with Gasteiger partial charge in [-0.3, -0.25) is 4.40 Å². The van der Waals surface area contributed by atoms with Gasteiger partial charge in [0.25, 0.3) is 0 Å². The van der Waals surface area contributed by atoms with Gasteiger partial charge in [-0.15, -0.1) is 0 Å². The van der Waals surface area contributed by atoms with Crippen molar-refractivity contribution >= 4 is 22.8 Å². The molecule has 4 aromatic carbocycles. The molecule has 4 heteroatoms. The van der Waals surface area contributed by atoms with Crippen molar-refractivity contribution in [2.45, 2.75) is 19.3 Å². The summed E-state index contributed by atoms with van der Waals surface area (Å²) in [6.45, 7) is 4.61. The number of para-hydroxylation sites is 2. The Morgan fingerprint density at radius 3 is 1.78 bits per heavy atom. The maximum atomic E-state index is 4.99. The van der Waals surface area contributed by atoms with Crippen LogP contribution in [-0.4, -0.2) is 14.4 Å². The van der Waals surface area contributed by atoms with E-state index in [0.717, 1.165) is 28.2 Å². The molecule has 37 heavy (non-hydrogen) atoms. The summed E-state index contributed by atoms with van der Waals surface area (Å²) < 4.78 is 2.14. The van der Waals surface area contributed by atoms with E-state index in [2.05, 4.69) is 126 Å². The van der Waals surface area contributed by atoms with Crippen LogP contribution < -0.4 is 4.90 Å². The predicted octanol–water partition coefficient (Wildman–Crippen LogP) is 8.17. The summed E-state index contributed by atoms with van der Waals surface area (Å²) in [6.07, 6.45) is 4.12. The van der Waals surface area contributed by atoms with Gasteiger partial charge in [0, 0.05) is 22.7 Å². The largest absolute Gasteiger partial charge is 0.307 e. The predicted molar refractivity (Wildman–Crippen MR) is 151 cm³/mol. The smallest absolute Gasteiger partial charge is 0.234 e. The Bertz CT molecular complexity index is 1700. The molecule has 6 aromatic rings. The molecule has 0 spiro atoms. The second-order valence-electron chi connectivity index (χ2n) is 10.0. The summed E-state index contributed by atoms with van der Waals surface area (Å²) in [7, 11) is 0. The average Bonchev–Trinajstić information content (AvgIpc) is 3.33. The lowest BCUT2D eigenvalue weighted by molar-refractivity contribution is 0.631. The van der Waals surface area contributed by atoms with Crippen molar-refractivity contribution in [1.82, 2.24) is 14.4 Å². The first-order valence-electron chi connectivity index (χ1n) is 12.6. The normalized spacial score (nSPS) is 13.8. The fraction of sp³-hybridized carbons (Fsp3) is 0.0909. The third kappa shape index (κ3) is 3.30. The zero-order valence-corrected chi connectivity index (χ0v) is 20.8. The van der Waals surface area contributed by atoms with E-state index in [0.29, 0.717) is 5.78 Å². The van der Waals surface area contributed by atoms with Crippen LogP contribution in [0.2, 0.25) is 0 Å². The number of nitrogens with zero attached hydrogens (tertiary/aromatic N) is 4. The molecule has 178 valence electrons. The SMILES string of the molecule is CC1(C)c2ccccc2N(c2cnc3nc(-c4ccccc4)c(-c4ccccc4)n3c2)c2ccccc21. The van der Waals surface area contributed by atoms with E-state index in [1.54, 1.807) is 0 Å². The molecule has 0 amide bonds. The van der Waals surface area contributed by atoms with Gasteiger partial charge in [0.05, 0.1) is 34.6 Å². The average molecular weight is 479 g/mol. The van der Waals surface area contributed by atoms with E-state index in [1.165, 1.54) is 22.5 Å². The highest BCUT2D eigenvalue weighted by Crippen LogP contribution is 2.51. The molecule has 0 bridgehead atoms. The highest BCUT2D eigenvalue weighted by molar-refractivity contribution is 5.87. The van der Waals surface area contributed by atoms with Crippen molar-refractivity contribution in [2.75, 3.05) is 4.90 Å². The van der Waals surface area contributed by atoms with Crippen LogP contribution in [0.5, 0.6) is 0 Å². The first-order valence-corrected chi connectivity index (χ1v) is 12.6. The van der Waals surface area contributed by atoms with Gasteiger partial charge in [-0.25, -0.2) is 9.97 Å². The van der Waals surface area contributed by atoms with Crippen molar-refractivity contribution in [3.8, 4) is 22.5 Å². The van der Waals surface area contributed by atoms with Crippen molar-refractivity contribution in [3.05, 3.63) is 133 Å². The van der Waals surface area contributed by atoms with E-state index in [9.17, 15) is 0 Å². The van der Waals surface area contributed by atoms with Crippen LogP contribution >= 0.6 is 0 Å². The fourth-order valence-corrected chi connectivity index (χ4v) is 5.66. The summed E-state index contributed by atoms with van der Waals surface area (Å²) in [6, 6.07) is 38.2. The summed E-state index contributed by atoms with van der Waals surface area (Å²) in [5.41, 5.74) is 9.99. The monoisotopic (exact) mass is 478 g/mol. The van der Waals surface area contributed by atoms with Crippen molar-refractivity contribution in [2.24, 2.45) is 0 Å². The molecule has 2 aromatic heterocycles. The summed E-state index contributed by atoms with van der Waals surface area (Å²) in [5, 5.41) is 0. The molecule has 0 fully saturated rings. The number of fused-ring (bicyclic) bond motifs is 3. The zero-order valence-electron chi connectivity index (χ0n) is 20.8. The van der Waals surface area contributed by atoms with Gasteiger partial charge in [-0.2, -0.15) is 0 Å². The van der Waals surface area contributed by atoms with E-state index in [1.807, 2.05) is 18.3 Å². The Kier molecular flexibility index (Phi) is 4.76. The number of hydrogen-bond donors (Lipinski definition) is 0. The minimum Gasteiger partial charge on any atom is -0.307 e. The molecule has 0 saturated heterocycles. The minimum atomic E-state index is -0.105. The molecule has 0 radical (unpaired) electrons. The Morgan fingerprint density at radius 1 is 0.622 bits per heavy atom. The molecule has 0 unspecified atom stereocenters. The van der Waals surface area contributed by atoms with E-state index in [4.69, 9.17) is 9.97 Å². The number of imidazole rings is 1. The van der Waals surface area contributed by atoms with Crippen molar-refractivity contribution in [3.63, 3.8) is 0 Å². The highest BCUT2D eigenvalue weighted by Gasteiger charge is 2.36. The standard InChI is InChI=1S/C33H26N4/c1-33(2)26-17-9-11-19-28(26)37(29-20-12-10-18-27(29)33)25-21-34-32-35-30(23-13-5-3-6-14-23)31(36(32)22-25)24-15-7-4-8-16-24/h3-22H,1-2H3. The summed E-state index contributed by atoms with van der Waals surface area (Å²) >= 11 is 0. The van der Waals surface area contributed by atoms with Crippen LogP contribution in [0.25, 0.3) is 28.3 Å². The Hall–Kier alpha value is -4.70. The van der Waals surface area contributed by atoms with Crippen LogP contribution in [0.3, 0.4) is 0 Å². The maximum absolute atomic E-state index is 4.99. The second kappa shape index (κ2) is 8.17. The maximum Gasteiger partial charge on any atom is 0.234 e. The van der Waals surface area contributed by atoms with Crippen molar-refractivity contribution in [1.29, 1.82) is 0 Å². The summed E-state index contributed by atoms with van der Waals surface area (Å²) in [5.74, 6) is 0.681. The molecule has 1 aliphatic rings. The van der Waals surface area contributed by atoms with Crippen LogP contribution in [0.4, 0.5) is 17.1 Å². The molecule has 0 N–H and O–H groups in total. The molecular weight excluding hydrogens is 452 g/mol. The fourth-order valence-electron chi connectivity index (χ4n) is 5.66. The third-order valence-corrected chi connectivity index (χ3v) is 7.46. The molecule has 1 aliphatic heterocycles. The molecule has 7 rings (SSSR count). The Labute approximate surface area is 216 Å². The van der Waals surface area contributed by atoms with Crippen molar-refractivity contribution < 1.29 is 0 Å². The molecule has 0 saturated carbocycles. The van der Waals surface area contributed by atoms with Gasteiger partial charge in [0.15, 0.2) is 0 Å².